The van der Waals surface area contributed by atoms with Crippen LogP contribution < -0.4 is 5.73 Å². The van der Waals surface area contributed by atoms with Crippen LogP contribution in [-0.2, 0) is 9.47 Å². The molecule has 194 valence electrons. The van der Waals surface area contributed by atoms with Crippen molar-refractivity contribution in [2.24, 2.45) is 0 Å². The summed E-state index contributed by atoms with van der Waals surface area (Å²) in [7, 11) is 0. The van der Waals surface area contributed by atoms with Gasteiger partial charge in [-0.2, -0.15) is 0 Å². The first-order valence-corrected chi connectivity index (χ1v) is 13.1. The maximum Gasteiger partial charge on any atom is 0.167 e. The summed E-state index contributed by atoms with van der Waals surface area (Å²) in [5.74, 6) is 6.42. The molecular weight excluding hydrogens is 446 g/mol. The molecule has 4 atom stereocenters. The third-order valence-corrected chi connectivity index (χ3v) is 6.49. The molecule has 0 amide bonds. The number of hydrogen-bond acceptors (Lipinski definition) is 8. The Balaban J connectivity index is 1.26. The minimum absolute atomic E-state index is 0.131. The maximum atomic E-state index is 10.5. The number of fused-ring (bicyclic) bond motifs is 1. The summed E-state index contributed by atoms with van der Waals surface area (Å²) >= 11 is 0. The van der Waals surface area contributed by atoms with Crippen LogP contribution >= 0.6 is 0 Å². The van der Waals surface area contributed by atoms with Gasteiger partial charge in [0.25, 0.3) is 0 Å². The van der Waals surface area contributed by atoms with Crippen molar-refractivity contribution >= 4 is 17.0 Å². The van der Waals surface area contributed by atoms with Gasteiger partial charge >= 0.3 is 0 Å². The minimum atomic E-state index is -1.15. The van der Waals surface area contributed by atoms with Crippen molar-refractivity contribution in [1.29, 1.82) is 0 Å². The lowest BCUT2D eigenvalue weighted by molar-refractivity contribution is -0.0615. The zero-order valence-electron chi connectivity index (χ0n) is 20.9. The highest BCUT2D eigenvalue weighted by molar-refractivity contribution is 5.81. The van der Waals surface area contributed by atoms with E-state index in [2.05, 4.69) is 33.7 Å². The van der Waals surface area contributed by atoms with Gasteiger partial charge in [0.1, 0.15) is 36.8 Å². The second-order valence-corrected chi connectivity index (χ2v) is 9.28. The fraction of sp³-hybridized carbons (Fsp3) is 0.731. The van der Waals surface area contributed by atoms with E-state index in [4.69, 9.17) is 15.2 Å². The number of aromatic nitrogens is 4. The highest BCUT2D eigenvalue weighted by Gasteiger charge is 2.44. The highest BCUT2D eigenvalue weighted by atomic mass is 16.6. The molecule has 0 aliphatic carbocycles. The van der Waals surface area contributed by atoms with Crippen LogP contribution in [0.2, 0.25) is 0 Å². The summed E-state index contributed by atoms with van der Waals surface area (Å²) in [6, 6.07) is 0. The van der Waals surface area contributed by atoms with Gasteiger partial charge in [0.05, 0.1) is 12.9 Å². The van der Waals surface area contributed by atoms with Crippen molar-refractivity contribution in [2.75, 3.05) is 18.9 Å². The van der Waals surface area contributed by atoms with Crippen LogP contribution in [0.3, 0.4) is 0 Å². The van der Waals surface area contributed by atoms with E-state index in [0.29, 0.717) is 11.2 Å². The molecule has 1 aliphatic rings. The number of nitrogens with two attached hydrogens (primary N) is 1. The molecule has 0 aromatic carbocycles. The molecule has 0 unspecified atom stereocenters. The van der Waals surface area contributed by atoms with Crippen LogP contribution in [0.4, 0.5) is 5.82 Å². The van der Waals surface area contributed by atoms with E-state index in [0.717, 1.165) is 12.8 Å². The first-order chi connectivity index (χ1) is 17.1. The molecule has 0 bridgehead atoms. The maximum absolute atomic E-state index is 10.5. The standard InChI is InChI=1S/C26H41N5O4/c1-2-3-4-5-6-7-8-9-10-11-12-13-14-15-16-34-17-20-22(32)23(33)26(35-20)31-19-30-21-24(27)28-18-29-25(21)31/h18-20,22-23,26,32-33H,2-13,16-17H2,1H3,(H2,27,28,29)/t20-,22-,23-,26-/m1/s1. The van der Waals surface area contributed by atoms with Gasteiger partial charge in [-0.05, 0) is 6.42 Å². The van der Waals surface area contributed by atoms with Gasteiger partial charge in [0.15, 0.2) is 17.7 Å². The largest absolute Gasteiger partial charge is 0.387 e. The van der Waals surface area contributed by atoms with Crippen molar-refractivity contribution in [3.8, 4) is 11.8 Å². The Morgan fingerprint density at radius 2 is 1.63 bits per heavy atom. The number of hydrogen-bond donors (Lipinski definition) is 3. The average Bonchev–Trinajstić information content (AvgIpc) is 3.41. The van der Waals surface area contributed by atoms with Crippen molar-refractivity contribution in [1.82, 2.24) is 19.5 Å². The number of aliphatic hydroxyl groups is 2. The van der Waals surface area contributed by atoms with Crippen LogP contribution in [0.1, 0.15) is 90.2 Å². The molecule has 1 fully saturated rings. The number of ether oxygens (including phenoxy) is 2. The number of imidazole rings is 1. The van der Waals surface area contributed by atoms with Crippen LogP contribution in [0.5, 0.6) is 0 Å². The number of anilines is 1. The van der Waals surface area contributed by atoms with Crippen molar-refractivity contribution in [3.05, 3.63) is 12.7 Å². The average molecular weight is 488 g/mol. The lowest BCUT2D eigenvalue weighted by Gasteiger charge is -2.16. The molecule has 2 aromatic rings. The number of nitrogen functional groups attached to an aromatic ring is 1. The third kappa shape index (κ3) is 8.14. The van der Waals surface area contributed by atoms with Crippen LogP contribution in [0.15, 0.2) is 12.7 Å². The molecule has 2 aromatic heterocycles. The molecule has 4 N–H and O–H groups in total. The van der Waals surface area contributed by atoms with Crippen molar-refractivity contribution < 1.29 is 19.7 Å². The number of rotatable bonds is 15. The Bertz CT molecular complexity index is 941. The van der Waals surface area contributed by atoms with Crippen LogP contribution in [0, 0.1) is 11.8 Å². The lowest BCUT2D eigenvalue weighted by atomic mass is 10.1. The number of aliphatic hydroxyl groups excluding tert-OH is 2. The smallest absolute Gasteiger partial charge is 0.167 e. The number of unbranched alkanes of at least 4 members (excludes halogenated alkanes) is 11. The van der Waals surface area contributed by atoms with E-state index >= 15 is 0 Å². The van der Waals surface area contributed by atoms with Crippen molar-refractivity contribution in [3.63, 3.8) is 0 Å². The Hall–Kier alpha value is -2.25. The Labute approximate surface area is 208 Å². The molecule has 3 rings (SSSR count). The molecule has 1 aliphatic heterocycles. The van der Waals surface area contributed by atoms with E-state index in [1.807, 2.05) is 0 Å². The minimum Gasteiger partial charge on any atom is -0.387 e. The van der Waals surface area contributed by atoms with E-state index in [1.54, 1.807) is 4.57 Å². The van der Waals surface area contributed by atoms with Crippen LogP contribution in [-0.4, -0.2) is 61.3 Å². The lowest BCUT2D eigenvalue weighted by Crippen LogP contribution is -2.33. The van der Waals surface area contributed by atoms with E-state index in [9.17, 15) is 10.2 Å². The van der Waals surface area contributed by atoms with Gasteiger partial charge in [0.2, 0.25) is 0 Å². The second kappa shape index (κ2) is 15.0. The zero-order chi connectivity index (χ0) is 24.9. The Morgan fingerprint density at radius 1 is 0.943 bits per heavy atom. The molecule has 3 heterocycles. The first kappa shape index (κ1) is 27.3. The van der Waals surface area contributed by atoms with Gasteiger partial charge in [-0.25, -0.2) is 15.0 Å². The highest BCUT2D eigenvalue weighted by Crippen LogP contribution is 2.32. The van der Waals surface area contributed by atoms with E-state index in [1.165, 1.54) is 76.9 Å². The molecule has 9 nitrogen and oxygen atoms in total. The zero-order valence-corrected chi connectivity index (χ0v) is 20.9. The summed E-state index contributed by atoms with van der Waals surface area (Å²) in [6.07, 6.45) is 14.5. The summed E-state index contributed by atoms with van der Waals surface area (Å²) in [4.78, 5) is 12.3. The SMILES string of the molecule is CCCCCCCCCCCCCC#CCOC[C@H]1O[C@@H](n2cnc3c(N)ncnc32)[C@H](O)[C@@H]1O. The monoisotopic (exact) mass is 487 g/mol. The molecule has 0 spiro atoms. The summed E-state index contributed by atoms with van der Waals surface area (Å²) in [5, 5.41) is 20.9. The van der Waals surface area contributed by atoms with Gasteiger partial charge in [-0.1, -0.05) is 77.1 Å². The van der Waals surface area contributed by atoms with Gasteiger partial charge in [0, 0.05) is 6.42 Å². The van der Waals surface area contributed by atoms with E-state index < -0.39 is 24.5 Å². The molecule has 9 heteroatoms. The van der Waals surface area contributed by atoms with Gasteiger partial charge in [-0.15, -0.1) is 5.92 Å². The predicted molar refractivity (Wildman–Crippen MR) is 135 cm³/mol. The Kier molecular flexibility index (Phi) is 11.7. The quantitative estimate of drug-likeness (QED) is 0.256. The van der Waals surface area contributed by atoms with Gasteiger partial charge in [-0.3, -0.25) is 4.57 Å². The second-order valence-electron chi connectivity index (χ2n) is 9.28. The van der Waals surface area contributed by atoms with Gasteiger partial charge < -0.3 is 25.4 Å². The third-order valence-electron chi connectivity index (χ3n) is 6.49. The Morgan fingerprint density at radius 3 is 2.34 bits per heavy atom. The predicted octanol–water partition coefficient (Wildman–Crippen LogP) is 3.75. The molecule has 1 saturated heterocycles. The fourth-order valence-electron chi connectivity index (χ4n) is 4.40. The normalized spacial score (nSPS) is 21.9. The summed E-state index contributed by atoms with van der Waals surface area (Å²) in [5.41, 5.74) is 6.67. The number of nitrogens with zero attached hydrogens (tertiary/aromatic N) is 4. The molecule has 0 radical (unpaired) electrons. The van der Waals surface area contributed by atoms with E-state index in [-0.39, 0.29) is 19.0 Å². The first-order valence-electron chi connectivity index (χ1n) is 13.1. The fourth-order valence-corrected chi connectivity index (χ4v) is 4.40. The topological polar surface area (TPSA) is 129 Å². The molecular formula is C26H41N5O4. The summed E-state index contributed by atoms with van der Waals surface area (Å²) in [6.45, 7) is 2.66. The molecule has 0 saturated carbocycles. The van der Waals surface area contributed by atoms with Crippen molar-refractivity contribution in [2.45, 2.75) is 109 Å². The molecule has 35 heavy (non-hydrogen) atoms. The summed E-state index contributed by atoms with van der Waals surface area (Å²) < 4.78 is 13.0. The van der Waals surface area contributed by atoms with Crippen LogP contribution in [0.25, 0.3) is 11.2 Å².